The van der Waals surface area contributed by atoms with Gasteiger partial charge in [0.25, 0.3) is 5.91 Å². The van der Waals surface area contributed by atoms with Crippen molar-refractivity contribution < 1.29 is 9.59 Å². The van der Waals surface area contributed by atoms with Crippen LogP contribution in [0.15, 0.2) is 49.2 Å². The minimum Gasteiger partial charge on any atom is -0.326 e. The van der Waals surface area contributed by atoms with E-state index in [9.17, 15) is 9.59 Å². The lowest BCUT2D eigenvalue weighted by molar-refractivity contribution is -0.117. The second-order valence-corrected chi connectivity index (χ2v) is 9.93. The number of fused-ring (bicyclic) bond motifs is 1. The number of benzene rings is 1. The van der Waals surface area contributed by atoms with Crippen LogP contribution >= 0.6 is 0 Å². The van der Waals surface area contributed by atoms with Crippen LogP contribution in [0.5, 0.6) is 0 Å². The Bertz CT molecular complexity index is 1450. The highest BCUT2D eigenvalue weighted by molar-refractivity contribution is 6.09. The Hall–Kier alpha value is -4.05. The average molecular weight is 501 g/mol. The van der Waals surface area contributed by atoms with Gasteiger partial charge in [0, 0.05) is 48.7 Å². The summed E-state index contributed by atoms with van der Waals surface area (Å²) in [5, 5.41) is 14.5. The fraction of sp³-hybridized carbons (Fsp3) is 0.370. The maximum absolute atomic E-state index is 13.2. The molecular weight excluding hydrogens is 468 g/mol. The lowest BCUT2D eigenvalue weighted by Crippen LogP contribution is -2.37. The van der Waals surface area contributed by atoms with Gasteiger partial charge in [-0.2, -0.15) is 10.2 Å². The number of anilines is 2. The molecule has 10 nitrogen and oxygen atoms in total. The summed E-state index contributed by atoms with van der Waals surface area (Å²) in [4.78, 5) is 32.8. The molecule has 5 rings (SSSR count). The highest BCUT2D eigenvalue weighted by Crippen LogP contribution is 2.25. The first-order chi connectivity index (χ1) is 17.8. The van der Waals surface area contributed by atoms with Crippen LogP contribution in [0, 0.1) is 6.92 Å². The second-order valence-electron chi connectivity index (χ2n) is 9.93. The van der Waals surface area contributed by atoms with E-state index in [1.165, 1.54) is 6.20 Å². The normalized spacial score (nSPS) is 16.0. The third-order valence-corrected chi connectivity index (χ3v) is 6.93. The minimum atomic E-state index is -0.295. The lowest BCUT2D eigenvalue weighted by Gasteiger charge is -2.27. The molecule has 1 aliphatic rings. The number of hydrogen-bond donors (Lipinski definition) is 2. The van der Waals surface area contributed by atoms with Crippen LogP contribution in [0.4, 0.5) is 11.4 Å². The smallest absolute Gasteiger partial charge is 0.259 e. The molecule has 0 spiro atoms. The van der Waals surface area contributed by atoms with E-state index in [4.69, 9.17) is 0 Å². The van der Waals surface area contributed by atoms with Gasteiger partial charge in [-0.15, -0.1) is 0 Å². The van der Waals surface area contributed by atoms with Gasteiger partial charge in [-0.3, -0.25) is 24.2 Å². The van der Waals surface area contributed by atoms with Gasteiger partial charge in [-0.25, -0.2) is 4.52 Å². The summed E-state index contributed by atoms with van der Waals surface area (Å²) in [7, 11) is 1.84. The lowest BCUT2D eigenvalue weighted by atomic mass is 10.1. The van der Waals surface area contributed by atoms with Crippen molar-refractivity contribution in [2.45, 2.75) is 52.1 Å². The predicted octanol–water partition coefficient (Wildman–Crippen LogP) is 3.89. The molecule has 1 saturated heterocycles. The number of rotatable bonds is 7. The van der Waals surface area contributed by atoms with Gasteiger partial charge in [-0.1, -0.05) is 6.07 Å². The molecule has 0 bridgehead atoms. The van der Waals surface area contributed by atoms with Gasteiger partial charge in [0.15, 0.2) is 0 Å². The average Bonchev–Trinajstić information content (AvgIpc) is 3.60. The summed E-state index contributed by atoms with van der Waals surface area (Å²) in [5.74, 6) is -0.312. The van der Waals surface area contributed by atoms with Crippen molar-refractivity contribution in [1.82, 2.24) is 29.3 Å². The Kier molecular flexibility index (Phi) is 6.75. The van der Waals surface area contributed by atoms with Crippen LogP contribution in [0.1, 0.15) is 49.0 Å². The molecule has 0 aliphatic carbocycles. The van der Waals surface area contributed by atoms with E-state index < -0.39 is 0 Å². The van der Waals surface area contributed by atoms with E-state index in [1.807, 2.05) is 32.3 Å². The zero-order chi connectivity index (χ0) is 26.1. The zero-order valence-corrected chi connectivity index (χ0v) is 21.6. The summed E-state index contributed by atoms with van der Waals surface area (Å²) in [6.07, 6.45) is 11.2. The molecule has 2 amide bonds. The third kappa shape index (κ3) is 5.24. The molecule has 2 N–H and O–H groups in total. The van der Waals surface area contributed by atoms with Crippen LogP contribution in [0.2, 0.25) is 0 Å². The standard InChI is InChI=1S/C27H32N8O2/c1-17(2)34-9-5-6-21(34)11-26(36)31-20-8-7-18(3)23(10-20)32-27(37)22-13-30-35-16-24(28-14-25(22)35)19-12-29-33(4)15-19/h7-8,10,12-17,21H,5-6,9,11H2,1-4H3,(H,31,36)(H,32,37)/t21-/m0/s1. The molecule has 10 heteroatoms. The van der Waals surface area contributed by atoms with Gasteiger partial charge < -0.3 is 10.6 Å². The van der Waals surface area contributed by atoms with E-state index in [1.54, 1.807) is 33.9 Å². The Morgan fingerprint density at radius 3 is 2.70 bits per heavy atom. The van der Waals surface area contributed by atoms with E-state index in [2.05, 4.69) is 44.6 Å². The van der Waals surface area contributed by atoms with Crippen LogP contribution in [0.3, 0.4) is 0 Å². The van der Waals surface area contributed by atoms with Gasteiger partial charge in [0.2, 0.25) is 5.91 Å². The molecule has 0 radical (unpaired) electrons. The number of aryl methyl sites for hydroxylation is 2. The van der Waals surface area contributed by atoms with Crippen LogP contribution in [0.25, 0.3) is 16.8 Å². The van der Waals surface area contributed by atoms with Crippen molar-refractivity contribution in [3.8, 4) is 11.3 Å². The van der Waals surface area contributed by atoms with E-state index in [-0.39, 0.29) is 17.9 Å². The monoisotopic (exact) mass is 500 g/mol. The van der Waals surface area contributed by atoms with E-state index in [0.717, 1.165) is 30.5 Å². The van der Waals surface area contributed by atoms with Gasteiger partial charge in [-0.05, 0) is 57.9 Å². The molecule has 1 fully saturated rings. The number of carbonyl (C=O) groups excluding carboxylic acids is 2. The molecule has 0 saturated carbocycles. The van der Waals surface area contributed by atoms with Crippen molar-refractivity contribution in [2.24, 2.45) is 7.05 Å². The summed E-state index contributed by atoms with van der Waals surface area (Å²) < 4.78 is 3.34. The van der Waals surface area contributed by atoms with E-state index in [0.29, 0.717) is 40.6 Å². The van der Waals surface area contributed by atoms with Gasteiger partial charge in [0.1, 0.15) is 0 Å². The Balaban J connectivity index is 1.28. The highest BCUT2D eigenvalue weighted by Gasteiger charge is 2.28. The number of amides is 2. The van der Waals surface area contributed by atoms with Crippen molar-refractivity contribution in [1.29, 1.82) is 0 Å². The van der Waals surface area contributed by atoms with Crippen LogP contribution in [-0.2, 0) is 11.8 Å². The Morgan fingerprint density at radius 1 is 1.11 bits per heavy atom. The molecule has 4 aromatic rings. The highest BCUT2D eigenvalue weighted by atomic mass is 16.2. The van der Waals surface area contributed by atoms with Gasteiger partial charge in [0.05, 0.1) is 41.6 Å². The van der Waals surface area contributed by atoms with Crippen LogP contribution in [-0.4, -0.2) is 59.7 Å². The summed E-state index contributed by atoms with van der Waals surface area (Å²) in [6, 6.07) is 6.24. The van der Waals surface area contributed by atoms with Crippen molar-refractivity contribution in [2.75, 3.05) is 17.2 Å². The first-order valence-corrected chi connectivity index (χ1v) is 12.6. The molecule has 3 aromatic heterocycles. The minimum absolute atomic E-state index is 0.0168. The fourth-order valence-electron chi connectivity index (χ4n) is 4.97. The summed E-state index contributed by atoms with van der Waals surface area (Å²) in [5.41, 5.74) is 4.76. The Morgan fingerprint density at radius 2 is 1.95 bits per heavy atom. The van der Waals surface area contributed by atoms with Gasteiger partial charge >= 0.3 is 0 Å². The SMILES string of the molecule is Cc1ccc(NC(=O)C[C@@H]2CCCN2C(C)C)cc1NC(=O)c1cnn2cc(-c3cnn(C)c3)ncc12. The van der Waals surface area contributed by atoms with Crippen LogP contribution < -0.4 is 10.6 Å². The molecule has 1 aliphatic heterocycles. The number of likely N-dealkylation sites (tertiary alicyclic amines) is 1. The first-order valence-electron chi connectivity index (χ1n) is 12.6. The maximum atomic E-state index is 13.2. The third-order valence-electron chi connectivity index (χ3n) is 6.93. The molecule has 1 atom stereocenters. The van der Waals surface area contributed by atoms with Crippen molar-refractivity contribution >= 4 is 28.7 Å². The molecule has 4 heterocycles. The molecule has 1 aromatic carbocycles. The topological polar surface area (TPSA) is 109 Å². The quantitative estimate of drug-likeness (QED) is 0.398. The predicted molar refractivity (Wildman–Crippen MR) is 142 cm³/mol. The second kappa shape index (κ2) is 10.1. The number of nitrogens with zero attached hydrogens (tertiary/aromatic N) is 6. The molecule has 0 unspecified atom stereocenters. The number of nitrogens with one attached hydrogen (secondary N) is 2. The largest absolute Gasteiger partial charge is 0.326 e. The number of hydrogen-bond acceptors (Lipinski definition) is 6. The fourth-order valence-corrected chi connectivity index (χ4v) is 4.97. The number of aromatic nitrogens is 5. The zero-order valence-electron chi connectivity index (χ0n) is 21.6. The van der Waals surface area contributed by atoms with Crippen molar-refractivity contribution in [3.63, 3.8) is 0 Å². The van der Waals surface area contributed by atoms with Crippen molar-refractivity contribution in [3.05, 3.63) is 60.3 Å². The first kappa shape index (κ1) is 24.6. The number of carbonyl (C=O) groups is 2. The molecule has 192 valence electrons. The molecule has 37 heavy (non-hydrogen) atoms. The van der Waals surface area contributed by atoms with E-state index >= 15 is 0 Å². The molecular formula is C27H32N8O2. The summed E-state index contributed by atoms with van der Waals surface area (Å²) >= 11 is 0. The summed E-state index contributed by atoms with van der Waals surface area (Å²) in [6.45, 7) is 7.30. The maximum Gasteiger partial charge on any atom is 0.259 e. The Labute approximate surface area is 215 Å².